The van der Waals surface area contributed by atoms with Crippen molar-refractivity contribution in [2.45, 2.75) is 6.42 Å². The van der Waals surface area contributed by atoms with Crippen molar-refractivity contribution in [3.63, 3.8) is 0 Å². The van der Waals surface area contributed by atoms with Crippen molar-refractivity contribution in [1.82, 2.24) is 4.90 Å². The molecule has 0 aromatic heterocycles. The highest BCUT2D eigenvalue weighted by molar-refractivity contribution is 14.1. The lowest BCUT2D eigenvalue weighted by atomic mass is 10.1. The minimum atomic E-state index is -0.0687. The van der Waals surface area contributed by atoms with E-state index in [4.69, 9.17) is 18.9 Å². The predicted molar refractivity (Wildman–Crippen MR) is 112 cm³/mol. The van der Waals surface area contributed by atoms with Gasteiger partial charge in [0.05, 0.1) is 34.0 Å². The van der Waals surface area contributed by atoms with Gasteiger partial charge in [-0.1, -0.05) is 6.07 Å². The maximum Gasteiger partial charge on any atom is 0.254 e. The first-order valence-electron chi connectivity index (χ1n) is 8.33. The SMILES string of the molecule is COc1ccc(CCN(C)C(=O)c2cc(OC)c(OC)cc2I)cc1OC. The first kappa shape index (κ1) is 21.1. The lowest BCUT2D eigenvalue weighted by Crippen LogP contribution is -2.29. The van der Waals surface area contributed by atoms with Crippen LogP contribution in [0.3, 0.4) is 0 Å². The van der Waals surface area contributed by atoms with E-state index >= 15 is 0 Å². The molecule has 0 unspecified atom stereocenters. The van der Waals surface area contributed by atoms with Gasteiger partial charge in [-0.25, -0.2) is 0 Å². The maximum absolute atomic E-state index is 12.9. The Labute approximate surface area is 173 Å². The first-order chi connectivity index (χ1) is 12.9. The zero-order valence-electron chi connectivity index (χ0n) is 16.2. The average Bonchev–Trinajstić information content (AvgIpc) is 2.70. The van der Waals surface area contributed by atoms with Crippen LogP contribution in [0.2, 0.25) is 0 Å². The summed E-state index contributed by atoms with van der Waals surface area (Å²) in [5.41, 5.74) is 1.65. The Kier molecular flexibility index (Phi) is 7.58. The lowest BCUT2D eigenvalue weighted by molar-refractivity contribution is 0.0795. The van der Waals surface area contributed by atoms with E-state index in [0.717, 1.165) is 9.13 Å². The number of ether oxygens (including phenoxy) is 4. The molecule has 0 spiro atoms. The highest BCUT2D eigenvalue weighted by Gasteiger charge is 2.19. The van der Waals surface area contributed by atoms with Crippen molar-refractivity contribution in [1.29, 1.82) is 0 Å². The van der Waals surface area contributed by atoms with Crippen molar-refractivity contribution in [3.8, 4) is 23.0 Å². The molecule has 0 radical (unpaired) electrons. The molecule has 0 N–H and O–H groups in total. The summed E-state index contributed by atoms with van der Waals surface area (Å²) in [7, 11) is 8.13. The summed E-state index contributed by atoms with van der Waals surface area (Å²) in [6.45, 7) is 0.568. The van der Waals surface area contributed by atoms with Crippen LogP contribution >= 0.6 is 22.6 Å². The predicted octanol–water partition coefficient (Wildman–Crippen LogP) is 3.64. The van der Waals surface area contributed by atoms with E-state index < -0.39 is 0 Å². The number of carbonyl (C=O) groups excluding carboxylic acids is 1. The maximum atomic E-state index is 12.9. The minimum Gasteiger partial charge on any atom is -0.493 e. The third-order valence-electron chi connectivity index (χ3n) is 4.23. The molecule has 0 saturated carbocycles. The minimum absolute atomic E-state index is 0.0687. The van der Waals surface area contributed by atoms with E-state index in [9.17, 15) is 4.79 Å². The van der Waals surface area contributed by atoms with Crippen LogP contribution in [0.15, 0.2) is 30.3 Å². The molecule has 2 aromatic carbocycles. The van der Waals surface area contributed by atoms with Crippen LogP contribution in [-0.4, -0.2) is 52.8 Å². The largest absolute Gasteiger partial charge is 0.493 e. The van der Waals surface area contributed by atoms with E-state index in [1.54, 1.807) is 52.5 Å². The van der Waals surface area contributed by atoms with E-state index in [0.29, 0.717) is 41.5 Å². The van der Waals surface area contributed by atoms with Crippen molar-refractivity contribution in [2.75, 3.05) is 42.0 Å². The molecule has 0 atom stereocenters. The fourth-order valence-corrected chi connectivity index (χ4v) is 3.33. The fraction of sp³-hybridized carbons (Fsp3) is 0.350. The number of halogens is 1. The molecule has 0 saturated heterocycles. The van der Waals surface area contributed by atoms with Crippen molar-refractivity contribution in [2.24, 2.45) is 0 Å². The van der Waals surface area contributed by atoms with E-state index in [1.165, 1.54) is 0 Å². The molecule has 1 amide bonds. The molecule has 0 aliphatic rings. The quantitative estimate of drug-likeness (QED) is 0.535. The van der Waals surface area contributed by atoms with Crippen LogP contribution in [0.4, 0.5) is 0 Å². The Balaban J connectivity index is 2.12. The lowest BCUT2D eigenvalue weighted by Gasteiger charge is -2.19. The Hall–Kier alpha value is -2.16. The smallest absolute Gasteiger partial charge is 0.254 e. The van der Waals surface area contributed by atoms with Gasteiger partial charge in [-0.15, -0.1) is 0 Å². The van der Waals surface area contributed by atoms with Crippen molar-refractivity contribution in [3.05, 3.63) is 45.0 Å². The van der Waals surface area contributed by atoms with Crippen LogP contribution < -0.4 is 18.9 Å². The van der Waals surface area contributed by atoms with Crippen LogP contribution in [0.5, 0.6) is 23.0 Å². The van der Waals surface area contributed by atoms with Gasteiger partial charge in [0, 0.05) is 17.2 Å². The van der Waals surface area contributed by atoms with Crippen LogP contribution in [0.1, 0.15) is 15.9 Å². The molecule has 0 aliphatic carbocycles. The third kappa shape index (κ3) is 4.97. The summed E-state index contributed by atoms with van der Waals surface area (Å²) < 4.78 is 22.0. The molecule has 0 aliphatic heterocycles. The number of amides is 1. The Morgan fingerprint density at radius 1 is 0.889 bits per heavy atom. The summed E-state index contributed by atoms with van der Waals surface area (Å²) >= 11 is 2.13. The highest BCUT2D eigenvalue weighted by Crippen LogP contribution is 2.32. The zero-order valence-corrected chi connectivity index (χ0v) is 18.3. The Morgan fingerprint density at radius 3 is 2.04 bits per heavy atom. The number of likely N-dealkylation sites (N-methyl/N-ethyl adjacent to an activating group) is 1. The highest BCUT2D eigenvalue weighted by atomic mass is 127. The fourth-order valence-electron chi connectivity index (χ4n) is 2.66. The van der Waals surface area contributed by atoms with E-state index in [-0.39, 0.29) is 5.91 Å². The molecule has 146 valence electrons. The van der Waals surface area contributed by atoms with Gasteiger partial charge in [0.25, 0.3) is 5.91 Å². The molecule has 2 rings (SSSR count). The van der Waals surface area contributed by atoms with Gasteiger partial charge < -0.3 is 23.8 Å². The number of methoxy groups -OCH3 is 4. The van der Waals surface area contributed by atoms with Gasteiger partial charge in [-0.05, 0) is 58.8 Å². The Morgan fingerprint density at radius 2 is 1.44 bits per heavy atom. The molecule has 0 bridgehead atoms. The van der Waals surface area contributed by atoms with Crippen LogP contribution in [-0.2, 0) is 6.42 Å². The second-order valence-electron chi connectivity index (χ2n) is 5.85. The van der Waals surface area contributed by atoms with Gasteiger partial charge in [0.15, 0.2) is 23.0 Å². The molecule has 0 fully saturated rings. The van der Waals surface area contributed by atoms with E-state index in [1.807, 2.05) is 18.2 Å². The molecule has 0 heterocycles. The normalized spacial score (nSPS) is 10.3. The second-order valence-corrected chi connectivity index (χ2v) is 7.02. The standard InChI is InChI=1S/C20H24INO5/c1-22(9-8-13-6-7-16(24-2)17(10-13)25-3)20(23)14-11-18(26-4)19(27-5)12-15(14)21/h6-7,10-12H,8-9H2,1-5H3. The monoisotopic (exact) mass is 485 g/mol. The van der Waals surface area contributed by atoms with Gasteiger partial charge in [0.2, 0.25) is 0 Å². The number of hydrogen-bond donors (Lipinski definition) is 0. The second kappa shape index (κ2) is 9.68. The third-order valence-corrected chi connectivity index (χ3v) is 5.13. The summed E-state index contributed by atoms with van der Waals surface area (Å²) in [6, 6.07) is 9.29. The van der Waals surface area contributed by atoms with Crippen LogP contribution in [0, 0.1) is 3.57 Å². The van der Waals surface area contributed by atoms with Gasteiger partial charge in [-0.3, -0.25) is 4.79 Å². The topological polar surface area (TPSA) is 57.2 Å². The van der Waals surface area contributed by atoms with Crippen molar-refractivity contribution < 1.29 is 23.7 Å². The molecule has 7 heteroatoms. The number of benzene rings is 2. The molecule has 6 nitrogen and oxygen atoms in total. The number of hydrogen-bond acceptors (Lipinski definition) is 5. The number of carbonyl (C=O) groups is 1. The summed E-state index contributed by atoms with van der Waals surface area (Å²) in [5.74, 6) is 2.44. The van der Waals surface area contributed by atoms with Crippen LogP contribution in [0.25, 0.3) is 0 Å². The molecular formula is C20H24INO5. The Bertz CT molecular complexity index is 809. The van der Waals surface area contributed by atoms with Gasteiger partial charge in [-0.2, -0.15) is 0 Å². The summed E-state index contributed by atoms with van der Waals surface area (Å²) in [6.07, 6.45) is 0.701. The molecule has 2 aromatic rings. The van der Waals surface area contributed by atoms with Crippen molar-refractivity contribution >= 4 is 28.5 Å². The van der Waals surface area contributed by atoms with Gasteiger partial charge >= 0.3 is 0 Å². The zero-order chi connectivity index (χ0) is 20.0. The summed E-state index contributed by atoms with van der Waals surface area (Å²) in [4.78, 5) is 14.6. The number of nitrogens with zero attached hydrogens (tertiary/aromatic N) is 1. The first-order valence-corrected chi connectivity index (χ1v) is 9.40. The molecular weight excluding hydrogens is 461 g/mol. The average molecular weight is 485 g/mol. The number of rotatable bonds is 8. The molecule has 27 heavy (non-hydrogen) atoms. The van der Waals surface area contributed by atoms with Gasteiger partial charge in [0.1, 0.15) is 0 Å². The van der Waals surface area contributed by atoms with E-state index in [2.05, 4.69) is 22.6 Å². The summed E-state index contributed by atoms with van der Waals surface area (Å²) in [5, 5.41) is 0.